The van der Waals surface area contributed by atoms with E-state index in [2.05, 4.69) is 12.1 Å². The van der Waals surface area contributed by atoms with Gasteiger partial charge in [-0.25, -0.2) is 0 Å². The number of rotatable bonds is 3. The summed E-state index contributed by atoms with van der Waals surface area (Å²) in [7, 11) is 0. The standard InChI is InChI=1S/C21H15N3O/c22-13-17-19(12-11-15-7-3-1-4-8-15)25-21(24)18(14-23)20(17)16-9-5-2-6-10-16/h1-12,20H,24H2/b12-11+. The van der Waals surface area contributed by atoms with Crippen LogP contribution < -0.4 is 5.73 Å². The number of benzene rings is 2. The first-order valence-electron chi connectivity index (χ1n) is 7.74. The molecule has 0 bridgehead atoms. The van der Waals surface area contributed by atoms with Gasteiger partial charge in [0.1, 0.15) is 17.4 Å². The number of nitrogens with zero attached hydrogens (tertiary/aromatic N) is 2. The summed E-state index contributed by atoms with van der Waals surface area (Å²) in [6, 6.07) is 23.3. The fourth-order valence-electron chi connectivity index (χ4n) is 2.74. The second-order valence-corrected chi connectivity index (χ2v) is 5.47. The molecular weight excluding hydrogens is 310 g/mol. The summed E-state index contributed by atoms with van der Waals surface area (Å²) in [6.07, 6.45) is 3.56. The van der Waals surface area contributed by atoms with Gasteiger partial charge in [-0.1, -0.05) is 66.7 Å². The van der Waals surface area contributed by atoms with Gasteiger partial charge >= 0.3 is 0 Å². The first-order valence-corrected chi connectivity index (χ1v) is 7.74. The summed E-state index contributed by atoms with van der Waals surface area (Å²) in [4.78, 5) is 0. The highest BCUT2D eigenvalue weighted by Crippen LogP contribution is 2.39. The van der Waals surface area contributed by atoms with E-state index in [4.69, 9.17) is 10.5 Å². The lowest BCUT2D eigenvalue weighted by Gasteiger charge is -2.24. The van der Waals surface area contributed by atoms with Gasteiger partial charge < -0.3 is 10.5 Å². The fraction of sp³-hybridized carbons (Fsp3) is 0.0476. The minimum atomic E-state index is -0.527. The van der Waals surface area contributed by atoms with Crippen LogP contribution in [0.25, 0.3) is 6.08 Å². The van der Waals surface area contributed by atoms with Gasteiger partial charge in [-0.05, 0) is 17.2 Å². The SMILES string of the molecule is N#CC1=C(N)OC(/C=C/c2ccccc2)=C(C#N)C1c1ccccc1. The van der Waals surface area contributed by atoms with Crippen molar-refractivity contribution >= 4 is 6.08 Å². The molecule has 25 heavy (non-hydrogen) atoms. The van der Waals surface area contributed by atoms with Crippen LogP contribution in [-0.2, 0) is 4.74 Å². The summed E-state index contributed by atoms with van der Waals surface area (Å²) in [5.41, 5.74) is 8.36. The molecule has 0 fully saturated rings. The molecular formula is C21H15N3O. The average molecular weight is 325 g/mol. The Bertz CT molecular complexity index is 942. The zero-order valence-electron chi connectivity index (χ0n) is 13.4. The van der Waals surface area contributed by atoms with Crippen molar-refractivity contribution in [2.24, 2.45) is 5.73 Å². The highest BCUT2D eigenvalue weighted by Gasteiger charge is 2.32. The first kappa shape index (κ1) is 16.1. The third-order valence-electron chi connectivity index (χ3n) is 3.93. The summed E-state index contributed by atoms with van der Waals surface area (Å²) < 4.78 is 5.57. The molecule has 0 amide bonds. The van der Waals surface area contributed by atoms with E-state index in [1.807, 2.05) is 66.7 Å². The monoisotopic (exact) mass is 325 g/mol. The van der Waals surface area contributed by atoms with Gasteiger partial charge in [0.2, 0.25) is 5.88 Å². The van der Waals surface area contributed by atoms with Gasteiger partial charge in [0, 0.05) is 0 Å². The van der Waals surface area contributed by atoms with Crippen LogP contribution in [0.3, 0.4) is 0 Å². The van der Waals surface area contributed by atoms with E-state index in [1.165, 1.54) is 0 Å². The van der Waals surface area contributed by atoms with Crippen LogP contribution >= 0.6 is 0 Å². The lowest BCUT2D eigenvalue weighted by molar-refractivity contribution is 0.296. The third-order valence-corrected chi connectivity index (χ3v) is 3.93. The van der Waals surface area contributed by atoms with Crippen molar-refractivity contribution in [3.05, 3.63) is 101 Å². The van der Waals surface area contributed by atoms with Crippen molar-refractivity contribution in [1.82, 2.24) is 0 Å². The summed E-state index contributed by atoms with van der Waals surface area (Å²) >= 11 is 0. The Balaban J connectivity index is 2.08. The molecule has 4 nitrogen and oxygen atoms in total. The molecule has 0 aromatic heterocycles. The molecule has 2 N–H and O–H groups in total. The quantitative estimate of drug-likeness (QED) is 0.925. The molecule has 2 aromatic rings. The van der Waals surface area contributed by atoms with Gasteiger partial charge in [0.15, 0.2) is 0 Å². The maximum Gasteiger partial charge on any atom is 0.205 e. The Labute approximate surface area is 146 Å². The van der Waals surface area contributed by atoms with E-state index >= 15 is 0 Å². The van der Waals surface area contributed by atoms with Crippen LogP contribution in [0.15, 0.2) is 89.5 Å². The van der Waals surface area contributed by atoms with Crippen LogP contribution in [0, 0.1) is 22.7 Å². The number of hydrogen-bond acceptors (Lipinski definition) is 4. The van der Waals surface area contributed by atoms with Crippen molar-refractivity contribution in [3.8, 4) is 12.1 Å². The van der Waals surface area contributed by atoms with Crippen LogP contribution in [0.2, 0.25) is 0 Å². The van der Waals surface area contributed by atoms with Crippen LogP contribution in [-0.4, -0.2) is 0 Å². The van der Waals surface area contributed by atoms with Crippen molar-refractivity contribution in [2.45, 2.75) is 5.92 Å². The zero-order valence-corrected chi connectivity index (χ0v) is 13.4. The van der Waals surface area contributed by atoms with Crippen molar-refractivity contribution < 1.29 is 4.74 Å². The third kappa shape index (κ3) is 3.29. The summed E-state index contributed by atoms with van der Waals surface area (Å²) in [5.74, 6) is -0.139. The molecule has 0 aliphatic carbocycles. The van der Waals surface area contributed by atoms with Gasteiger partial charge in [0.05, 0.1) is 17.6 Å². The van der Waals surface area contributed by atoms with E-state index in [0.717, 1.165) is 11.1 Å². The Morgan fingerprint density at radius 2 is 1.44 bits per heavy atom. The fourth-order valence-corrected chi connectivity index (χ4v) is 2.74. The van der Waals surface area contributed by atoms with Gasteiger partial charge in [-0.2, -0.15) is 10.5 Å². The molecule has 0 radical (unpaired) electrons. The molecule has 1 atom stereocenters. The molecule has 3 rings (SSSR count). The molecule has 120 valence electrons. The molecule has 1 aliphatic heterocycles. The molecule has 4 heteroatoms. The second kappa shape index (κ2) is 7.21. The molecule has 2 aromatic carbocycles. The van der Waals surface area contributed by atoms with Crippen LogP contribution in [0.5, 0.6) is 0 Å². The molecule has 1 unspecified atom stereocenters. The summed E-state index contributed by atoms with van der Waals surface area (Å²) in [5, 5.41) is 19.2. The second-order valence-electron chi connectivity index (χ2n) is 5.47. The molecule has 0 saturated carbocycles. The lowest BCUT2D eigenvalue weighted by Crippen LogP contribution is -2.19. The van der Waals surface area contributed by atoms with E-state index in [0.29, 0.717) is 11.3 Å². The highest BCUT2D eigenvalue weighted by molar-refractivity contribution is 5.59. The topological polar surface area (TPSA) is 82.8 Å². The van der Waals surface area contributed by atoms with E-state index in [9.17, 15) is 10.5 Å². The largest absolute Gasteiger partial charge is 0.439 e. The lowest BCUT2D eigenvalue weighted by atomic mass is 9.83. The molecule has 0 saturated heterocycles. The van der Waals surface area contributed by atoms with Gasteiger partial charge in [0.25, 0.3) is 0 Å². The number of nitriles is 2. The minimum absolute atomic E-state index is 0.0306. The van der Waals surface area contributed by atoms with E-state index in [-0.39, 0.29) is 11.5 Å². The Morgan fingerprint density at radius 3 is 2.04 bits per heavy atom. The van der Waals surface area contributed by atoms with Crippen LogP contribution in [0.4, 0.5) is 0 Å². The number of allylic oxidation sites excluding steroid dienone is 3. The van der Waals surface area contributed by atoms with Crippen molar-refractivity contribution in [3.63, 3.8) is 0 Å². The van der Waals surface area contributed by atoms with E-state index < -0.39 is 5.92 Å². The minimum Gasteiger partial charge on any atom is -0.439 e. The average Bonchev–Trinajstić information content (AvgIpc) is 2.67. The van der Waals surface area contributed by atoms with Crippen LogP contribution in [0.1, 0.15) is 17.0 Å². The van der Waals surface area contributed by atoms with E-state index in [1.54, 1.807) is 6.08 Å². The number of ether oxygens (including phenoxy) is 1. The Kier molecular flexibility index (Phi) is 4.65. The first-order chi connectivity index (χ1) is 12.2. The maximum atomic E-state index is 9.70. The smallest absolute Gasteiger partial charge is 0.205 e. The molecule has 1 heterocycles. The predicted molar refractivity (Wildman–Crippen MR) is 95.2 cm³/mol. The number of nitrogens with two attached hydrogens (primary N) is 1. The van der Waals surface area contributed by atoms with Crippen molar-refractivity contribution in [1.29, 1.82) is 10.5 Å². The van der Waals surface area contributed by atoms with Gasteiger partial charge in [-0.15, -0.1) is 0 Å². The summed E-state index contributed by atoms with van der Waals surface area (Å²) in [6.45, 7) is 0. The van der Waals surface area contributed by atoms with Gasteiger partial charge in [-0.3, -0.25) is 0 Å². The van der Waals surface area contributed by atoms with Crippen molar-refractivity contribution in [2.75, 3.05) is 0 Å². The Morgan fingerprint density at radius 1 is 0.840 bits per heavy atom. The zero-order chi connectivity index (χ0) is 17.6. The molecule has 0 spiro atoms. The Hall–Kier alpha value is -3.76. The molecule has 1 aliphatic rings. The maximum absolute atomic E-state index is 9.70. The highest BCUT2D eigenvalue weighted by atomic mass is 16.5. The predicted octanol–water partition coefficient (Wildman–Crippen LogP) is 3.99. The normalized spacial score (nSPS) is 17.1. The number of hydrogen-bond donors (Lipinski definition) is 1.